The van der Waals surface area contributed by atoms with E-state index >= 15 is 0 Å². The van der Waals surface area contributed by atoms with Crippen molar-refractivity contribution in [2.24, 2.45) is 15.3 Å². The maximum Gasteiger partial charge on any atom is 0.167 e. The van der Waals surface area contributed by atoms with Crippen molar-refractivity contribution in [3.05, 3.63) is 60.2 Å². The molecule has 4 nitrogen and oxygen atoms in total. The van der Waals surface area contributed by atoms with Gasteiger partial charge in [0.1, 0.15) is 0 Å². The number of aryl methyl sites for hydroxylation is 1. The minimum atomic E-state index is 0.574. The molecule has 0 spiro atoms. The Kier molecular flexibility index (Phi) is 4.39. The molecule has 0 saturated heterocycles. The Hall–Kier alpha value is -2.49. The van der Waals surface area contributed by atoms with Crippen molar-refractivity contribution in [1.29, 1.82) is 0 Å². The molecule has 0 unspecified atom stereocenters. The van der Waals surface area contributed by atoms with Crippen LogP contribution in [0.4, 0.5) is 11.4 Å². The summed E-state index contributed by atoms with van der Waals surface area (Å²) in [6.07, 6.45) is 0. The van der Waals surface area contributed by atoms with Gasteiger partial charge in [-0.2, -0.15) is 5.10 Å². The molecule has 0 radical (unpaired) electrons. The van der Waals surface area contributed by atoms with Crippen molar-refractivity contribution >= 4 is 17.2 Å². The third kappa shape index (κ3) is 4.35. The van der Waals surface area contributed by atoms with Gasteiger partial charge in [-0.1, -0.05) is 30.3 Å². The Balaban J connectivity index is 1.98. The average molecular weight is 252 g/mol. The number of azo groups is 1. The predicted molar refractivity (Wildman–Crippen MR) is 78.9 cm³/mol. The smallest absolute Gasteiger partial charge is 0.167 e. The number of nitrogens with one attached hydrogen (secondary N) is 1. The third-order valence-electron chi connectivity index (χ3n) is 2.43. The van der Waals surface area contributed by atoms with Crippen LogP contribution in [0.2, 0.25) is 0 Å². The van der Waals surface area contributed by atoms with Gasteiger partial charge in [-0.05, 0) is 43.7 Å². The zero-order valence-electron chi connectivity index (χ0n) is 11.0. The summed E-state index contributed by atoms with van der Waals surface area (Å²) >= 11 is 0. The van der Waals surface area contributed by atoms with Crippen LogP contribution in [0, 0.1) is 6.92 Å². The fourth-order valence-electron chi connectivity index (χ4n) is 1.51. The Morgan fingerprint density at radius 2 is 1.79 bits per heavy atom. The van der Waals surface area contributed by atoms with Gasteiger partial charge in [0.25, 0.3) is 0 Å². The molecular formula is C15H16N4. The number of amidine groups is 1. The summed E-state index contributed by atoms with van der Waals surface area (Å²) in [4.78, 5) is 0. The van der Waals surface area contributed by atoms with Crippen molar-refractivity contribution in [3.63, 3.8) is 0 Å². The summed E-state index contributed by atoms with van der Waals surface area (Å²) in [7, 11) is 0. The minimum Gasteiger partial charge on any atom is -0.277 e. The molecule has 2 aromatic carbocycles. The Labute approximate surface area is 112 Å². The molecule has 2 aromatic rings. The first-order valence-corrected chi connectivity index (χ1v) is 6.08. The SMILES string of the molecule is C/C(N=Nc1ccccc1)=N/Nc1cccc(C)c1. The zero-order valence-corrected chi connectivity index (χ0v) is 11.0. The lowest BCUT2D eigenvalue weighted by atomic mass is 10.2. The molecule has 0 aliphatic rings. The van der Waals surface area contributed by atoms with Gasteiger partial charge in [-0.3, -0.25) is 5.43 Å². The second kappa shape index (κ2) is 6.44. The van der Waals surface area contributed by atoms with Gasteiger partial charge in [0.15, 0.2) is 5.84 Å². The molecule has 0 fully saturated rings. The van der Waals surface area contributed by atoms with Crippen LogP contribution in [0.15, 0.2) is 69.9 Å². The zero-order chi connectivity index (χ0) is 13.5. The largest absolute Gasteiger partial charge is 0.277 e. The molecular weight excluding hydrogens is 236 g/mol. The fourth-order valence-corrected chi connectivity index (χ4v) is 1.51. The maximum atomic E-state index is 4.16. The van der Waals surface area contributed by atoms with E-state index in [4.69, 9.17) is 0 Å². The van der Waals surface area contributed by atoms with E-state index in [1.165, 1.54) is 5.56 Å². The molecule has 4 heteroatoms. The van der Waals surface area contributed by atoms with Gasteiger partial charge in [0.2, 0.25) is 0 Å². The van der Waals surface area contributed by atoms with Gasteiger partial charge in [0.05, 0.1) is 11.4 Å². The normalized spacial score (nSPS) is 11.8. The molecule has 0 heterocycles. The highest BCUT2D eigenvalue weighted by molar-refractivity contribution is 5.80. The quantitative estimate of drug-likeness (QED) is 0.371. The molecule has 0 aliphatic carbocycles. The van der Waals surface area contributed by atoms with E-state index in [1.54, 1.807) is 6.92 Å². The van der Waals surface area contributed by atoms with E-state index in [0.29, 0.717) is 5.84 Å². The number of hydrazone groups is 1. The van der Waals surface area contributed by atoms with E-state index < -0.39 is 0 Å². The van der Waals surface area contributed by atoms with Gasteiger partial charge in [-0.25, -0.2) is 0 Å². The molecule has 0 atom stereocenters. The first kappa shape index (κ1) is 13.0. The van der Waals surface area contributed by atoms with Crippen LogP contribution < -0.4 is 5.43 Å². The van der Waals surface area contributed by atoms with Crippen LogP contribution in [0.1, 0.15) is 12.5 Å². The standard InChI is InChI=1S/C15H16N4/c1-12-7-6-10-15(11-12)19-17-13(2)16-18-14-8-4-3-5-9-14/h3-11,19H,1-2H3/b17-13-,18-16?. The molecule has 1 N–H and O–H groups in total. The van der Waals surface area contributed by atoms with Crippen LogP contribution >= 0.6 is 0 Å². The number of nitrogens with zero attached hydrogens (tertiary/aromatic N) is 3. The molecule has 2 rings (SSSR count). The third-order valence-corrected chi connectivity index (χ3v) is 2.43. The topological polar surface area (TPSA) is 49.1 Å². The second-order valence-corrected chi connectivity index (χ2v) is 4.18. The lowest BCUT2D eigenvalue weighted by Crippen LogP contribution is -1.94. The lowest BCUT2D eigenvalue weighted by molar-refractivity contribution is 1.21. The Morgan fingerprint density at radius 3 is 2.53 bits per heavy atom. The van der Waals surface area contributed by atoms with Crippen molar-refractivity contribution < 1.29 is 0 Å². The summed E-state index contributed by atoms with van der Waals surface area (Å²) in [5.74, 6) is 0.574. The number of hydrogen-bond donors (Lipinski definition) is 1. The van der Waals surface area contributed by atoms with Crippen LogP contribution in [0.5, 0.6) is 0 Å². The van der Waals surface area contributed by atoms with Gasteiger partial charge < -0.3 is 0 Å². The van der Waals surface area contributed by atoms with Crippen LogP contribution in [-0.2, 0) is 0 Å². The molecule has 0 saturated carbocycles. The summed E-state index contributed by atoms with van der Waals surface area (Å²) in [5.41, 5.74) is 5.89. The second-order valence-electron chi connectivity index (χ2n) is 4.18. The number of hydrogen-bond acceptors (Lipinski definition) is 3. The number of rotatable bonds is 3. The highest BCUT2D eigenvalue weighted by atomic mass is 15.3. The molecule has 0 bridgehead atoms. The van der Waals surface area contributed by atoms with Crippen molar-refractivity contribution in [2.45, 2.75) is 13.8 Å². The minimum absolute atomic E-state index is 0.574. The molecule has 0 aliphatic heterocycles. The van der Waals surface area contributed by atoms with Crippen molar-refractivity contribution in [2.75, 3.05) is 5.43 Å². The average Bonchev–Trinajstić information content (AvgIpc) is 2.44. The first-order valence-electron chi connectivity index (χ1n) is 6.08. The van der Waals surface area contributed by atoms with Crippen LogP contribution in [0.3, 0.4) is 0 Å². The molecule has 0 amide bonds. The molecule has 19 heavy (non-hydrogen) atoms. The van der Waals surface area contributed by atoms with E-state index in [0.717, 1.165) is 11.4 Å². The summed E-state index contributed by atoms with van der Waals surface area (Å²) in [6, 6.07) is 17.6. The molecule has 0 aromatic heterocycles. The Bertz CT molecular complexity index is 588. The summed E-state index contributed by atoms with van der Waals surface area (Å²) in [6.45, 7) is 3.84. The number of benzene rings is 2. The van der Waals surface area contributed by atoms with Crippen LogP contribution in [-0.4, -0.2) is 5.84 Å². The van der Waals surface area contributed by atoms with E-state index in [2.05, 4.69) is 20.8 Å². The van der Waals surface area contributed by atoms with Crippen LogP contribution in [0.25, 0.3) is 0 Å². The lowest BCUT2D eigenvalue weighted by Gasteiger charge is -2.01. The monoisotopic (exact) mass is 252 g/mol. The Morgan fingerprint density at radius 1 is 1.00 bits per heavy atom. The summed E-state index contributed by atoms with van der Waals surface area (Å²) in [5, 5.41) is 12.3. The predicted octanol–water partition coefficient (Wildman–Crippen LogP) is 4.52. The molecule has 96 valence electrons. The van der Waals surface area contributed by atoms with E-state index in [-0.39, 0.29) is 0 Å². The summed E-state index contributed by atoms with van der Waals surface area (Å²) < 4.78 is 0. The maximum absolute atomic E-state index is 4.16. The van der Waals surface area contributed by atoms with Gasteiger partial charge >= 0.3 is 0 Å². The van der Waals surface area contributed by atoms with Gasteiger partial charge in [0, 0.05) is 0 Å². The fraction of sp³-hybridized carbons (Fsp3) is 0.133. The highest BCUT2D eigenvalue weighted by Gasteiger charge is 1.91. The van der Waals surface area contributed by atoms with Crippen molar-refractivity contribution in [3.8, 4) is 0 Å². The first-order chi connectivity index (χ1) is 9.24. The van der Waals surface area contributed by atoms with Crippen molar-refractivity contribution in [1.82, 2.24) is 0 Å². The van der Waals surface area contributed by atoms with E-state index in [1.807, 2.05) is 61.5 Å². The van der Waals surface area contributed by atoms with E-state index in [9.17, 15) is 0 Å². The highest BCUT2D eigenvalue weighted by Crippen LogP contribution is 2.11. The number of anilines is 1. The van der Waals surface area contributed by atoms with Gasteiger partial charge in [-0.15, -0.1) is 10.2 Å².